The van der Waals surface area contributed by atoms with Gasteiger partial charge in [-0.15, -0.1) is 0 Å². The molecule has 1 aromatic carbocycles. The van der Waals surface area contributed by atoms with E-state index >= 15 is 0 Å². The molecule has 2 heterocycles. The topological polar surface area (TPSA) is 79.9 Å². The van der Waals surface area contributed by atoms with E-state index in [1.54, 1.807) is 31.6 Å². The normalized spacial score (nSPS) is 10.5. The molecule has 1 amide bonds. The van der Waals surface area contributed by atoms with Gasteiger partial charge < -0.3 is 10.1 Å². The van der Waals surface area contributed by atoms with Crippen LogP contribution in [0.15, 0.2) is 42.7 Å². The molecule has 0 bridgehead atoms. The van der Waals surface area contributed by atoms with Gasteiger partial charge in [0.1, 0.15) is 5.75 Å². The van der Waals surface area contributed by atoms with Crippen LogP contribution in [-0.4, -0.2) is 28.2 Å². The van der Waals surface area contributed by atoms with E-state index in [1.165, 1.54) is 0 Å². The van der Waals surface area contributed by atoms with Crippen LogP contribution in [0.1, 0.15) is 27.3 Å². The molecule has 3 aromatic rings. The van der Waals surface area contributed by atoms with Crippen molar-refractivity contribution < 1.29 is 9.53 Å². The molecule has 25 heavy (non-hydrogen) atoms. The molecule has 2 aromatic heterocycles. The molecular weight excluding hydrogens is 316 g/mol. The highest BCUT2D eigenvalue weighted by Gasteiger charge is 2.11. The Morgan fingerprint density at radius 1 is 1.20 bits per heavy atom. The van der Waals surface area contributed by atoms with Gasteiger partial charge in [0.2, 0.25) is 0 Å². The molecule has 0 fully saturated rings. The summed E-state index contributed by atoms with van der Waals surface area (Å²) in [4.78, 5) is 16.4. The van der Waals surface area contributed by atoms with Crippen LogP contribution >= 0.6 is 0 Å². The highest BCUT2D eigenvalue weighted by atomic mass is 16.5. The number of aryl methyl sites for hydroxylation is 2. The van der Waals surface area contributed by atoms with E-state index in [4.69, 9.17) is 4.74 Å². The second-order valence-electron chi connectivity index (χ2n) is 5.75. The Morgan fingerprint density at radius 2 is 1.96 bits per heavy atom. The van der Waals surface area contributed by atoms with Gasteiger partial charge in [-0.25, -0.2) is 0 Å². The maximum atomic E-state index is 12.4. The number of aromatic amines is 1. The lowest BCUT2D eigenvalue weighted by Gasteiger charge is -2.09. The lowest BCUT2D eigenvalue weighted by molar-refractivity contribution is 0.0951. The van der Waals surface area contributed by atoms with Crippen molar-refractivity contribution in [2.75, 3.05) is 7.11 Å². The second-order valence-corrected chi connectivity index (χ2v) is 5.75. The quantitative estimate of drug-likeness (QED) is 0.750. The summed E-state index contributed by atoms with van der Waals surface area (Å²) < 4.78 is 5.33. The Hall–Kier alpha value is -3.15. The number of rotatable bonds is 5. The number of nitrogens with zero attached hydrogens (tertiary/aromatic N) is 2. The average Bonchev–Trinajstić information content (AvgIpc) is 2.97. The Kier molecular flexibility index (Phi) is 4.79. The Bertz CT molecular complexity index is 865. The minimum absolute atomic E-state index is 0.117. The average molecular weight is 336 g/mol. The molecule has 0 aliphatic carbocycles. The fourth-order valence-electron chi connectivity index (χ4n) is 2.69. The highest BCUT2D eigenvalue weighted by molar-refractivity contribution is 5.94. The maximum absolute atomic E-state index is 12.4. The van der Waals surface area contributed by atoms with Crippen LogP contribution in [0.5, 0.6) is 5.75 Å². The van der Waals surface area contributed by atoms with Gasteiger partial charge in [0, 0.05) is 35.1 Å². The van der Waals surface area contributed by atoms with Crippen molar-refractivity contribution in [3.05, 3.63) is 65.2 Å². The molecule has 2 N–H and O–H groups in total. The van der Waals surface area contributed by atoms with Crippen molar-refractivity contribution in [1.29, 1.82) is 0 Å². The molecule has 0 aliphatic heterocycles. The van der Waals surface area contributed by atoms with Crippen LogP contribution in [0.4, 0.5) is 0 Å². The predicted molar refractivity (Wildman–Crippen MR) is 95.5 cm³/mol. The number of aromatic nitrogens is 3. The summed E-state index contributed by atoms with van der Waals surface area (Å²) in [5, 5.41) is 9.98. The van der Waals surface area contributed by atoms with Gasteiger partial charge >= 0.3 is 0 Å². The number of hydrogen-bond acceptors (Lipinski definition) is 4. The Labute approximate surface area is 146 Å². The van der Waals surface area contributed by atoms with Crippen molar-refractivity contribution in [1.82, 2.24) is 20.5 Å². The molecule has 3 rings (SSSR count). The fourth-order valence-corrected chi connectivity index (χ4v) is 2.69. The number of carbonyl (C=O) groups excluding carboxylic acids is 1. The molecule has 0 aliphatic rings. The van der Waals surface area contributed by atoms with Gasteiger partial charge in [-0.1, -0.05) is 12.1 Å². The monoisotopic (exact) mass is 336 g/mol. The smallest absolute Gasteiger partial charge is 0.251 e. The third kappa shape index (κ3) is 3.52. The standard InChI is InChI=1S/C19H20N4O2/c1-12-17(13(2)23-22-12)10-21-19(24)15-6-4-14(5-7-15)16-8-9-20-11-18(16)25-3/h4-9,11H,10H2,1-3H3,(H,21,24)(H,22,23). The molecule has 0 unspecified atom stereocenters. The minimum Gasteiger partial charge on any atom is -0.494 e. The molecular formula is C19H20N4O2. The lowest BCUT2D eigenvalue weighted by atomic mass is 10.0. The number of nitrogens with one attached hydrogen (secondary N) is 2. The molecule has 128 valence electrons. The Balaban J connectivity index is 1.73. The number of pyridine rings is 1. The van der Waals surface area contributed by atoms with E-state index in [9.17, 15) is 4.79 Å². The van der Waals surface area contributed by atoms with Gasteiger partial charge in [0.05, 0.1) is 19.0 Å². The molecule has 0 spiro atoms. The minimum atomic E-state index is -0.117. The van der Waals surface area contributed by atoms with Crippen LogP contribution in [0, 0.1) is 13.8 Å². The van der Waals surface area contributed by atoms with Crippen LogP contribution in [-0.2, 0) is 6.54 Å². The number of H-pyrrole nitrogens is 1. The van der Waals surface area contributed by atoms with Gasteiger partial charge in [-0.3, -0.25) is 14.9 Å². The second kappa shape index (κ2) is 7.17. The van der Waals surface area contributed by atoms with Crippen LogP contribution < -0.4 is 10.1 Å². The third-order valence-electron chi connectivity index (χ3n) is 4.17. The van der Waals surface area contributed by atoms with Crippen LogP contribution in [0.25, 0.3) is 11.1 Å². The van der Waals surface area contributed by atoms with Gasteiger partial charge in [-0.2, -0.15) is 5.10 Å². The van der Waals surface area contributed by atoms with Crippen molar-refractivity contribution >= 4 is 5.91 Å². The van der Waals surface area contributed by atoms with Gasteiger partial charge in [0.25, 0.3) is 5.91 Å². The highest BCUT2D eigenvalue weighted by Crippen LogP contribution is 2.28. The molecule has 0 saturated carbocycles. The van der Waals surface area contributed by atoms with E-state index in [2.05, 4.69) is 20.5 Å². The van der Waals surface area contributed by atoms with Crippen molar-refractivity contribution in [2.45, 2.75) is 20.4 Å². The first-order valence-corrected chi connectivity index (χ1v) is 7.97. The zero-order valence-corrected chi connectivity index (χ0v) is 14.5. The van der Waals surface area contributed by atoms with Gasteiger partial charge in [-0.05, 0) is 37.6 Å². The summed E-state index contributed by atoms with van der Waals surface area (Å²) in [5.74, 6) is 0.582. The van der Waals surface area contributed by atoms with Crippen LogP contribution in [0.3, 0.4) is 0 Å². The summed E-state index contributed by atoms with van der Waals surface area (Å²) in [6.45, 7) is 4.31. The summed E-state index contributed by atoms with van der Waals surface area (Å²) in [7, 11) is 1.61. The summed E-state index contributed by atoms with van der Waals surface area (Å²) in [5.41, 5.74) is 5.41. The summed E-state index contributed by atoms with van der Waals surface area (Å²) in [6.07, 6.45) is 3.39. The lowest BCUT2D eigenvalue weighted by Crippen LogP contribution is -2.23. The van der Waals surface area contributed by atoms with E-state index in [0.29, 0.717) is 17.9 Å². The number of benzene rings is 1. The molecule has 0 saturated heterocycles. The van der Waals surface area contributed by atoms with Gasteiger partial charge in [0.15, 0.2) is 0 Å². The molecule has 6 heteroatoms. The number of hydrogen-bond donors (Lipinski definition) is 2. The van der Waals surface area contributed by atoms with E-state index in [1.807, 2.05) is 32.0 Å². The number of carbonyl (C=O) groups is 1. The number of amides is 1. The van der Waals surface area contributed by atoms with E-state index in [0.717, 1.165) is 28.1 Å². The van der Waals surface area contributed by atoms with Crippen molar-refractivity contribution in [3.63, 3.8) is 0 Å². The summed E-state index contributed by atoms with van der Waals surface area (Å²) in [6, 6.07) is 9.31. The van der Waals surface area contributed by atoms with E-state index in [-0.39, 0.29) is 5.91 Å². The fraction of sp³-hybridized carbons (Fsp3) is 0.211. The molecule has 0 atom stereocenters. The number of ether oxygens (including phenoxy) is 1. The first-order valence-electron chi connectivity index (χ1n) is 7.97. The van der Waals surface area contributed by atoms with Crippen molar-refractivity contribution in [2.24, 2.45) is 0 Å². The largest absolute Gasteiger partial charge is 0.494 e. The van der Waals surface area contributed by atoms with E-state index < -0.39 is 0 Å². The predicted octanol–water partition coefficient (Wildman–Crippen LogP) is 3.03. The third-order valence-corrected chi connectivity index (χ3v) is 4.17. The SMILES string of the molecule is COc1cnccc1-c1ccc(C(=O)NCc2c(C)n[nH]c2C)cc1. The zero-order valence-electron chi connectivity index (χ0n) is 14.5. The maximum Gasteiger partial charge on any atom is 0.251 e. The zero-order chi connectivity index (χ0) is 17.8. The van der Waals surface area contributed by atoms with Crippen LogP contribution in [0.2, 0.25) is 0 Å². The molecule has 0 radical (unpaired) electrons. The number of methoxy groups -OCH3 is 1. The molecule has 6 nitrogen and oxygen atoms in total. The Morgan fingerprint density at radius 3 is 2.60 bits per heavy atom. The first kappa shape index (κ1) is 16.7. The van der Waals surface area contributed by atoms with Crippen molar-refractivity contribution in [3.8, 4) is 16.9 Å². The first-order chi connectivity index (χ1) is 12.1. The summed E-state index contributed by atoms with van der Waals surface area (Å²) >= 11 is 0.